The van der Waals surface area contributed by atoms with Crippen LogP contribution in [0.5, 0.6) is 0 Å². The second-order valence-corrected chi connectivity index (χ2v) is 6.92. The maximum Gasteiger partial charge on any atom is 0.254 e. The van der Waals surface area contributed by atoms with Crippen molar-refractivity contribution in [1.82, 2.24) is 15.1 Å². The fraction of sp³-hybridized carbons (Fsp3) is 0.471. The van der Waals surface area contributed by atoms with Crippen LogP contribution in [0.15, 0.2) is 29.0 Å². The third-order valence-electron chi connectivity index (χ3n) is 4.63. The molecule has 0 aromatic carbocycles. The number of carbonyl (C=O) groups is 1. The van der Waals surface area contributed by atoms with Gasteiger partial charge in [0, 0.05) is 44.6 Å². The summed E-state index contributed by atoms with van der Waals surface area (Å²) in [6.07, 6.45) is 0. The zero-order valence-electron chi connectivity index (χ0n) is 14.0. The standard InChI is InChI=1S/C17H21N5O2S/c23-17(14-3-12-25-13-14)22-6-4-20(5-7-22)15-1-2-16(19-18-15)21-8-10-24-11-9-21/h1-3,12-13H,4-11H2. The number of rotatable bonds is 3. The molecule has 0 N–H and O–H groups in total. The number of ether oxygens (including phenoxy) is 1. The second kappa shape index (κ2) is 7.37. The van der Waals surface area contributed by atoms with Gasteiger partial charge in [-0.1, -0.05) is 0 Å². The number of aromatic nitrogens is 2. The van der Waals surface area contributed by atoms with E-state index >= 15 is 0 Å². The minimum atomic E-state index is 0.120. The van der Waals surface area contributed by atoms with Crippen molar-refractivity contribution in [3.8, 4) is 0 Å². The van der Waals surface area contributed by atoms with E-state index in [-0.39, 0.29) is 5.91 Å². The summed E-state index contributed by atoms with van der Waals surface area (Å²) in [4.78, 5) is 18.7. The molecule has 0 unspecified atom stereocenters. The number of morpholine rings is 1. The molecule has 8 heteroatoms. The second-order valence-electron chi connectivity index (χ2n) is 6.14. The number of thiophene rings is 1. The third kappa shape index (κ3) is 3.59. The maximum atomic E-state index is 12.4. The van der Waals surface area contributed by atoms with Gasteiger partial charge in [-0.2, -0.15) is 11.3 Å². The van der Waals surface area contributed by atoms with E-state index < -0.39 is 0 Å². The van der Waals surface area contributed by atoms with E-state index in [1.807, 2.05) is 33.9 Å². The smallest absolute Gasteiger partial charge is 0.254 e. The normalized spacial score (nSPS) is 18.5. The molecule has 0 bridgehead atoms. The number of piperazine rings is 1. The van der Waals surface area contributed by atoms with Crippen molar-refractivity contribution in [2.45, 2.75) is 0 Å². The fourth-order valence-electron chi connectivity index (χ4n) is 3.16. The van der Waals surface area contributed by atoms with Crippen molar-refractivity contribution in [2.24, 2.45) is 0 Å². The number of hydrogen-bond acceptors (Lipinski definition) is 7. The van der Waals surface area contributed by atoms with Crippen LogP contribution >= 0.6 is 11.3 Å². The highest BCUT2D eigenvalue weighted by atomic mass is 32.1. The first-order valence-corrected chi connectivity index (χ1v) is 9.48. The highest BCUT2D eigenvalue weighted by molar-refractivity contribution is 7.08. The Balaban J connectivity index is 1.35. The Labute approximate surface area is 150 Å². The summed E-state index contributed by atoms with van der Waals surface area (Å²) >= 11 is 1.55. The number of anilines is 2. The first-order valence-electron chi connectivity index (χ1n) is 8.54. The Morgan fingerprint density at radius 2 is 1.56 bits per heavy atom. The van der Waals surface area contributed by atoms with Gasteiger partial charge in [-0.3, -0.25) is 4.79 Å². The predicted octanol–water partition coefficient (Wildman–Crippen LogP) is 1.34. The van der Waals surface area contributed by atoms with Gasteiger partial charge in [-0.25, -0.2) is 0 Å². The Kier molecular flexibility index (Phi) is 4.80. The summed E-state index contributed by atoms with van der Waals surface area (Å²) in [5.74, 6) is 1.90. The molecule has 132 valence electrons. The molecule has 0 saturated carbocycles. The van der Waals surface area contributed by atoms with Crippen LogP contribution in [0.2, 0.25) is 0 Å². The van der Waals surface area contributed by atoms with Crippen LogP contribution < -0.4 is 9.80 Å². The molecule has 0 spiro atoms. The lowest BCUT2D eigenvalue weighted by Gasteiger charge is -2.35. The van der Waals surface area contributed by atoms with Crippen LogP contribution in [0.1, 0.15) is 10.4 Å². The van der Waals surface area contributed by atoms with E-state index in [1.54, 1.807) is 11.3 Å². The van der Waals surface area contributed by atoms with Gasteiger partial charge in [0.05, 0.1) is 18.8 Å². The van der Waals surface area contributed by atoms with E-state index in [0.29, 0.717) is 13.1 Å². The molecule has 4 heterocycles. The Hall–Kier alpha value is -2.19. The Morgan fingerprint density at radius 3 is 2.12 bits per heavy atom. The van der Waals surface area contributed by atoms with Gasteiger partial charge in [-0.15, -0.1) is 10.2 Å². The molecule has 0 radical (unpaired) electrons. The molecule has 0 aliphatic carbocycles. The van der Waals surface area contributed by atoms with Crippen molar-refractivity contribution in [3.63, 3.8) is 0 Å². The summed E-state index contributed by atoms with van der Waals surface area (Å²) in [7, 11) is 0. The highest BCUT2D eigenvalue weighted by Gasteiger charge is 2.23. The highest BCUT2D eigenvalue weighted by Crippen LogP contribution is 2.18. The van der Waals surface area contributed by atoms with Crippen molar-refractivity contribution < 1.29 is 9.53 Å². The quantitative estimate of drug-likeness (QED) is 0.824. The molecule has 2 aliphatic heterocycles. The van der Waals surface area contributed by atoms with E-state index in [9.17, 15) is 4.79 Å². The van der Waals surface area contributed by atoms with E-state index in [4.69, 9.17) is 4.74 Å². The average Bonchev–Trinajstić information content (AvgIpc) is 3.23. The van der Waals surface area contributed by atoms with Crippen molar-refractivity contribution in [2.75, 3.05) is 62.3 Å². The Bertz CT molecular complexity index is 692. The molecule has 4 rings (SSSR count). The Morgan fingerprint density at radius 1 is 0.920 bits per heavy atom. The van der Waals surface area contributed by atoms with Crippen molar-refractivity contribution in [3.05, 3.63) is 34.5 Å². The van der Waals surface area contributed by atoms with Gasteiger partial charge in [0.25, 0.3) is 5.91 Å². The molecule has 7 nitrogen and oxygen atoms in total. The minimum Gasteiger partial charge on any atom is -0.378 e. The molecule has 2 aromatic heterocycles. The van der Waals surface area contributed by atoms with Gasteiger partial charge in [0.1, 0.15) is 0 Å². The lowest BCUT2D eigenvalue weighted by molar-refractivity contribution is 0.0747. The lowest BCUT2D eigenvalue weighted by Crippen LogP contribution is -2.49. The summed E-state index contributed by atoms with van der Waals surface area (Å²) in [5, 5.41) is 12.6. The topological polar surface area (TPSA) is 61.8 Å². The van der Waals surface area contributed by atoms with E-state index in [1.165, 1.54) is 0 Å². The molecule has 0 atom stereocenters. The van der Waals surface area contributed by atoms with Gasteiger partial charge in [-0.05, 0) is 23.6 Å². The van der Waals surface area contributed by atoms with E-state index in [2.05, 4.69) is 20.0 Å². The van der Waals surface area contributed by atoms with Crippen molar-refractivity contribution >= 4 is 28.9 Å². The number of nitrogens with zero attached hydrogens (tertiary/aromatic N) is 5. The molecule has 2 aliphatic rings. The zero-order valence-corrected chi connectivity index (χ0v) is 14.8. The molecule has 2 fully saturated rings. The number of amides is 1. The van der Waals surface area contributed by atoms with Gasteiger partial charge in [0.15, 0.2) is 11.6 Å². The summed E-state index contributed by atoms with van der Waals surface area (Å²) in [6.45, 7) is 6.17. The number of carbonyl (C=O) groups excluding carboxylic acids is 1. The molecule has 2 saturated heterocycles. The van der Waals surface area contributed by atoms with Crippen LogP contribution in [-0.2, 0) is 4.74 Å². The SMILES string of the molecule is O=C(c1ccsc1)N1CCN(c2ccc(N3CCOCC3)nn2)CC1. The third-order valence-corrected chi connectivity index (χ3v) is 5.31. The molecule has 1 amide bonds. The summed E-state index contributed by atoms with van der Waals surface area (Å²) < 4.78 is 5.37. The van der Waals surface area contributed by atoms with Gasteiger partial charge >= 0.3 is 0 Å². The molecular weight excluding hydrogens is 338 g/mol. The largest absolute Gasteiger partial charge is 0.378 e. The monoisotopic (exact) mass is 359 g/mol. The van der Waals surface area contributed by atoms with Crippen LogP contribution in [0.25, 0.3) is 0 Å². The van der Waals surface area contributed by atoms with Crippen LogP contribution in [0.3, 0.4) is 0 Å². The van der Waals surface area contributed by atoms with Crippen LogP contribution in [-0.4, -0.2) is 73.5 Å². The zero-order chi connectivity index (χ0) is 17.1. The van der Waals surface area contributed by atoms with Crippen LogP contribution in [0, 0.1) is 0 Å². The fourth-order valence-corrected chi connectivity index (χ4v) is 3.79. The molecular formula is C17H21N5O2S. The summed E-state index contributed by atoms with van der Waals surface area (Å²) in [5.41, 5.74) is 0.785. The van der Waals surface area contributed by atoms with E-state index in [0.717, 1.165) is 56.6 Å². The van der Waals surface area contributed by atoms with Gasteiger partial charge in [0.2, 0.25) is 0 Å². The average molecular weight is 359 g/mol. The maximum absolute atomic E-state index is 12.4. The molecule has 25 heavy (non-hydrogen) atoms. The van der Waals surface area contributed by atoms with Gasteiger partial charge < -0.3 is 19.4 Å². The molecule has 2 aromatic rings. The van der Waals surface area contributed by atoms with Crippen molar-refractivity contribution in [1.29, 1.82) is 0 Å². The number of hydrogen-bond donors (Lipinski definition) is 0. The first kappa shape index (κ1) is 16.3. The predicted molar refractivity (Wildman–Crippen MR) is 97.5 cm³/mol. The van der Waals surface area contributed by atoms with Crippen LogP contribution in [0.4, 0.5) is 11.6 Å². The minimum absolute atomic E-state index is 0.120. The summed E-state index contributed by atoms with van der Waals surface area (Å²) in [6, 6.07) is 5.93. The first-order chi connectivity index (χ1) is 12.3. The lowest BCUT2D eigenvalue weighted by atomic mass is 10.2.